The van der Waals surface area contributed by atoms with Gasteiger partial charge in [-0.25, -0.2) is 0 Å². The lowest BCUT2D eigenvalue weighted by molar-refractivity contribution is -0.118. The molecule has 5 heteroatoms. The summed E-state index contributed by atoms with van der Waals surface area (Å²) in [6.45, 7) is 4.26. The van der Waals surface area contributed by atoms with Crippen LogP contribution in [0.4, 0.5) is 0 Å². The Labute approximate surface area is 84.4 Å². The molecular formula is C9H19N3O2. The molecule has 1 unspecified atom stereocenters. The molecule has 1 aliphatic heterocycles. The summed E-state index contributed by atoms with van der Waals surface area (Å²) in [6.07, 6.45) is 1.05. The van der Waals surface area contributed by atoms with Gasteiger partial charge in [0.25, 0.3) is 0 Å². The first-order valence-corrected chi connectivity index (χ1v) is 5.02. The molecule has 1 atom stereocenters. The number of carbonyl (C=O) groups excluding carboxylic acids is 1. The molecule has 0 aliphatic carbocycles. The van der Waals surface area contributed by atoms with Crippen molar-refractivity contribution in [3.05, 3.63) is 0 Å². The molecule has 0 spiro atoms. The maximum atomic E-state index is 10.5. The van der Waals surface area contributed by atoms with E-state index in [1.165, 1.54) is 0 Å². The van der Waals surface area contributed by atoms with E-state index in [1.807, 2.05) is 0 Å². The molecule has 1 saturated heterocycles. The summed E-state index contributed by atoms with van der Waals surface area (Å²) < 4.78 is 5.22. The first-order chi connectivity index (χ1) is 6.68. The zero-order chi connectivity index (χ0) is 10.4. The molecule has 1 heterocycles. The van der Waals surface area contributed by atoms with Crippen molar-refractivity contribution in [1.29, 1.82) is 0 Å². The number of nitrogens with two attached hydrogens (primary N) is 2. The predicted molar refractivity (Wildman–Crippen MR) is 53.7 cm³/mol. The number of ether oxygens (including phenoxy) is 1. The van der Waals surface area contributed by atoms with Crippen molar-refractivity contribution in [3.63, 3.8) is 0 Å². The van der Waals surface area contributed by atoms with Gasteiger partial charge in [0.2, 0.25) is 5.91 Å². The van der Waals surface area contributed by atoms with E-state index in [2.05, 4.69) is 4.90 Å². The van der Waals surface area contributed by atoms with E-state index in [0.717, 1.165) is 32.8 Å². The molecule has 0 radical (unpaired) electrons. The fourth-order valence-electron chi connectivity index (χ4n) is 1.53. The summed E-state index contributed by atoms with van der Waals surface area (Å²) in [5.74, 6) is -0.276. The first kappa shape index (κ1) is 11.4. The minimum atomic E-state index is -0.276. The van der Waals surface area contributed by atoms with Crippen LogP contribution in [0.1, 0.15) is 12.8 Å². The van der Waals surface area contributed by atoms with Crippen molar-refractivity contribution in [2.75, 3.05) is 32.8 Å². The molecule has 1 amide bonds. The number of primary amides is 1. The standard InChI is InChI=1S/C9H19N3O2/c10-8(1-2-9(11)13)7-12-3-5-14-6-4-12/h8H,1-7,10H2,(H2,11,13). The number of nitrogens with zero attached hydrogens (tertiary/aromatic N) is 1. The van der Waals surface area contributed by atoms with E-state index in [9.17, 15) is 4.79 Å². The molecule has 0 aromatic heterocycles. The minimum Gasteiger partial charge on any atom is -0.379 e. The lowest BCUT2D eigenvalue weighted by Gasteiger charge is -2.28. The van der Waals surface area contributed by atoms with Crippen LogP contribution in [0.3, 0.4) is 0 Å². The van der Waals surface area contributed by atoms with Gasteiger partial charge >= 0.3 is 0 Å². The van der Waals surface area contributed by atoms with Gasteiger partial charge in [-0.1, -0.05) is 0 Å². The van der Waals surface area contributed by atoms with Crippen molar-refractivity contribution in [1.82, 2.24) is 4.90 Å². The van der Waals surface area contributed by atoms with Gasteiger partial charge in [-0.05, 0) is 6.42 Å². The van der Waals surface area contributed by atoms with Gasteiger partial charge in [0.1, 0.15) is 0 Å². The molecule has 4 N–H and O–H groups in total. The lowest BCUT2D eigenvalue weighted by atomic mass is 10.1. The SMILES string of the molecule is NC(=O)CCC(N)CN1CCOCC1. The summed E-state index contributed by atoms with van der Waals surface area (Å²) in [4.78, 5) is 12.8. The Morgan fingerprint density at radius 3 is 2.64 bits per heavy atom. The van der Waals surface area contributed by atoms with Gasteiger partial charge in [-0.15, -0.1) is 0 Å². The Bertz CT molecular complexity index is 181. The summed E-state index contributed by atoms with van der Waals surface area (Å²) in [6, 6.07) is 0.0422. The highest BCUT2D eigenvalue weighted by atomic mass is 16.5. The van der Waals surface area contributed by atoms with Crippen LogP contribution < -0.4 is 11.5 Å². The molecule has 1 rings (SSSR count). The molecule has 0 saturated carbocycles. The Morgan fingerprint density at radius 2 is 2.07 bits per heavy atom. The first-order valence-electron chi connectivity index (χ1n) is 5.02. The van der Waals surface area contributed by atoms with Crippen LogP contribution in [0, 0.1) is 0 Å². The largest absolute Gasteiger partial charge is 0.379 e. The van der Waals surface area contributed by atoms with E-state index in [0.29, 0.717) is 12.8 Å². The summed E-state index contributed by atoms with van der Waals surface area (Å²) in [5, 5.41) is 0. The van der Waals surface area contributed by atoms with Crippen molar-refractivity contribution in [2.45, 2.75) is 18.9 Å². The number of hydrogen-bond donors (Lipinski definition) is 2. The normalized spacial score (nSPS) is 20.6. The van der Waals surface area contributed by atoms with Crippen LogP contribution in [0.5, 0.6) is 0 Å². The van der Waals surface area contributed by atoms with E-state index < -0.39 is 0 Å². The second kappa shape index (κ2) is 5.95. The number of carbonyl (C=O) groups is 1. The van der Waals surface area contributed by atoms with Crippen LogP contribution in [-0.4, -0.2) is 49.7 Å². The third kappa shape index (κ3) is 4.55. The van der Waals surface area contributed by atoms with E-state index in [4.69, 9.17) is 16.2 Å². The number of hydrogen-bond acceptors (Lipinski definition) is 4. The highest BCUT2D eigenvalue weighted by Crippen LogP contribution is 2.01. The average molecular weight is 201 g/mol. The molecule has 1 aliphatic rings. The van der Waals surface area contributed by atoms with E-state index >= 15 is 0 Å². The fourth-order valence-corrected chi connectivity index (χ4v) is 1.53. The third-order valence-electron chi connectivity index (χ3n) is 2.36. The van der Waals surface area contributed by atoms with Crippen molar-refractivity contribution in [2.24, 2.45) is 11.5 Å². The van der Waals surface area contributed by atoms with Crippen molar-refractivity contribution in [3.8, 4) is 0 Å². The van der Waals surface area contributed by atoms with E-state index in [1.54, 1.807) is 0 Å². The molecule has 0 bridgehead atoms. The Balaban J connectivity index is 2.11. The molecule has 1 fully saturated rings. The summed E-state index contributed by atoms with van der Waals surface area (Å²) >= 11 is 0. The van der Waals surface area contributed by atoms with Gasteiger partial charge in [-0.2, -0.15) is 0 Å². The maximum Gasteiger partial charge on any atom is 0.217 e. The zero-order valence-corrected chi connectivity index (χ0v) is 8.45. The quantitative estimate of drug-likeness (QED) is 0.592. The smallest absolute Gasteiger partial charge is 0.217 e. The van der Waals surface area contributed by atoms with E-state index in [-0.39, 0.29) is 11.9 Å². The second-order valence-corrected chi connectivity index (χ2v) is 3.68. The Kier molecular flexibility index (Phi) is 4.86. The van der Waals surface area contributed by atoms with Gasteiger partial charge in [-0.3, -0.25) is 9.69 Å². The number of rotatable bonds is 5. The molecular weight excluding hydrogens is 182 g/mol. The highest BCUT2D eigenvalue weighted by Gasteiger charge is 2.14. The average Bonchev–Trinajstić information content (AvgIpc) is 2.16. The highest BCUT2D eigenvalue weighted by molar-refractivity contribution is 5.73. The monoisotopic (exact) mass is 201 g/mol. The van der Waals surface area contributed by atoms with Gasteiger partial charge in [0, 0.05) is 32.1 Å². The second-order valence-electron chi connectivity index (χ2n) is 3.68. The fraction of sp³-hybridized carbons (Fsp3) is 0.889. The molecule has 5 nitrogen and oxygen atoms in total. The predicted octanol–water partition coefficient (Wildman–Crippen LogP) is -1.09. The molecule has 0 aromatic rings. The Morgan fingerprint density at radius 1 is 1.43 bits per heavy atom. The van der Waals surface area contributed by atoms with Crippen LogP contribution in [0.2, 0.25) is 0 Å². The maximum absolute atomic E-state index is 10.5. The van der Waals surface area contributed by atoms with Crippen LogP contribution >= 0.6 is 0 Å². The number of amides is 1. The van der Waals surface area contributed by atoms with Crippen molar-refractivity contribution < 1.29 is 9.53 Å². The number of morpholine rings is 1. The van der Waals surface area contributed by atoms with Gasteiger partial charge in [0.15, 0.2) is 0 Å². The summed E-state index contributed by atoms with van der Waals surface area (Å²) in [7, 11) is 0. The minimum absolute atomic E-state index is 0.0422. The molecule has 0 aromatic carbocycles. The summed E-state index contributed by atoms with van der Waals surface area (Å²) in [5.41, 5.74) is 10.9. The van der Waals surface area contributed by atoms with Gasteiger partial charge in [0.05, 0.1) is 13.2 Å². The van der Waals surface area contributed by atoms with Crippen LogP contribution in [-0.2, 0) is 9.53 Å². The topological polar surface area (TPSA) is 81.6 Å². The van der Waals surface area contributed by atoms with Crippen LogP contribution in [0.25, 0.3) is 0 Å². The molecule has 82 valence electrons. The van der Waals surface area contributed by atoms with Crippen LogP contribution in [0.15, 0.2) is 0 Å². The third-order valence-corrected chi connectivity index (χ3v) is 2.36. The molecule has 14 heavy (non-hydrogen) atoms. The zero-order valence-electron chi connectivity index (χ0n) is 8.45. The van der Waals surface area contributed by atoms with Crippen molar-refractivity contribution >= 4 is 5.91 Å². The van der Waals surface area contributed by atoms with Gasteiger partial charge < -0.3 is 16.2 Å². The Hall–Kier alpha value is -0.650. The lowest BCUT2D eigenvalue weighted by Crippen LogP contribution is -2.43.